The maximum absolute atomic E-state index is 13.4. The molecule has 3 aromatic rings. The number of carbonyl (C=O) groups excluding carboxylic acids is 2. The fraction of sp³-hybridized carbons (Fsp3) is 0.258. The summed E-state index contributed by atoms with van der Waals surface area (Å²) in [5, 5.41) is 19.3. The molecule has 0 aromatic heterocycles. The summed E-state index contributed by atoms with van der Waals surface area (Å²) in [5.41, 5.74) is 2.00. The number of hydrogen-bond acceptors (Lipinski definition) is 4. The van der Waals surface area contributed by atoms with Gasteiger partial charge < -0.3 is 10.2 Å². The number of hydrogen-bond donors (Lipinski definition) is 2. The molecule has 0 unspecified atom stereocenters. The van der Waals surface area contributed by atoms with Crippen molar-refractivity contribution in [3.63, 3.8) is 0 Å². The lowest BCUT2D eigenvalue weighted by molar-refractivity contribution is -0.125. The summed E-state index contributed by atoms with van der Waals surface area (Å²) >= 11 is 0. The SMILES string of the molecule is CCCCc1ccc(C#Cc2ccc(C(=O)N(C(=O)C(C)(C)C)c3ccc(C(=O)O)c(O)c3)cc2)cc1. The van der Waals surface area contributed by atoms with E-state index in [4.69, 9.17) is 0 Å². The van der Waals surface area contributed by atoms with E-state index in [1.165, 1.54) is 11.6 Å². The second-order valence-corrected chi connectivity index (χ2v) is 9.83. The van der Waals surface area contributed by atoms with E-state index in [-0.39, 0.29) is 16.8 Å². The summed E-state index contributed by atoms with van der Waals surface area (Å²) in [5.74, 6) is 3.28. The predicted octanol–water partition coefficient (Wildman–Crippen LogP) is 6.05. The number of phenols is 1. The number of aromatic hydroxyl groups is 1. The minimum atomic E-state index is -1.31. The molecule has 0 radical (unpaired) electrons. The number of nitrogens with zero attached hydrogens (tertiary/aromatic N) is 1. The average molecular weight is 498 g/mol. The molecule has 6 nitrogen and oxygen atoms in total. The molecule has 0 heterocycles. The minimum Gasteiger partial charge on any atom is -0.507 e. The number of rotatable bonds is 6. The molecule has 0 spiro atoms. The van der Waals surface area contributed by atoms with Crippen LogP contribution in [0, 0.1) is 17.3 Å². The van der Waals surface area contributed by atoms with Gasteiger partial charge in [-0.15, -0.1) is 0 Å². The van der Waals surface area contributed by atoms with Crippen molar-refractivity contribution in [2.24, 2.45) is 5.41 Å². The zero-order valence-electron chi connectivity index (χ0n) is 21.5. The highest BCUT2D eigenvalue weighted by Crippen LogP contribution is 2.30. The summed E-state index contributed by atoms with van der Waals surface area (Å²) in [7, 11) is 0. The molecule has 0 aliphatic rings. The Balaban J connectivity index is 1.86. The highest BCUT2D eigenvalue weighted by Gasteiger charge is 2.33. The van der Waals surface area contributed by atoms with Crippen molar-refractivity contribution in [2.75, 3.05) is 4.90 Å². The largest absolute Gasteiger partial charge is 0.507 e. The molecule has 3 rings (SSSR count). The first kappa shape index (κ1) is 27.2. The van der Waals surface area contributed by atoms with Gasteiger partial charge in [0.2, 0.25) is 5.91 Å². The topological polar surface area (TPSA) is 94.9 Å². The van der Waals surface area contributed by atoms with Gasteiger partial charge in [-0.05, 0) is 66.9 Å². The zero-order valence-corrected chi connectivity index (χ0v) is 21.5. The van der Waals surface area contributed by atoms with Gasteiger partial charge in [0.15, 0.2) is 0 Å². The van der Waals surface area contributed by atoms with Crippen LogP contribution in [-0.2, 0) is 11.2 Å². The number of aromatic carboxylic acids is 1. The Hall–Kier alpha value is -4.37. The van der Waals surface area contributed by atoms with Crippen LogP contribution in [0.4, 0.5) is 5.69 Å². The number of benzene rings is 3. The van der Waals surface area contributed by atoms with Crippen molar-refractivity contribution in [1.29, 1.82) is 0 Å². The maximum Gasteiger partial charge on any atom is 0.339 e. The van der Waals surface area contributed by atoms with Crippen LogP contribution in [0.25, 0.3) is 0 Å². The Bertz CT molecular complexity index is 1350. The van der Waals surface area contributed by atoms with E-state index in [2.05, 4.69) is 30.9 Å². The monoisotopic (exact) mass is 497 g/mol. The number of carbonyl (C=O) groups is 3. The van der Waals surface area contributed by atoms with E-state index in [0.717, 1.165) is 41.9 Å². The van der Waals surface area contributed by atoms with Crippen molar-refractivity contribution in [1.82, 2.24) is 0 Å². The number of amides is 2. The Kier molecular flexibility index (Phi) is 8.52. The molecule has 0 saturated heterocycles. The van der Waals surface area contributed by atoms with Crippen molar-refractivity contribution in [3.8, 4) is 17.6 Å². The third-order valence-corrected chi connectivity index (χ3v) is 5.77. The van der Waals surface area contributed by atoms with Gasteiger partial charge in [-0.2, -0.15) is 0 Å². The quantitative estimate of drug-likeness (QED) is 0.404. The first-order valence-corrected chi connectivity index (χ1v) is 12.2. The molecule has 0 saturated carbocycles. The van der Waals surface area contributed by atoms with Crippen LogP contribution in [0.5, 0.6) is 5.75 Å². The summed E-state index contributed by atoms with van der Waals surface area (Å²) in [6.45, 7) is 7.20. The number of carboxylic acid groups (broad SMARTS) is 1. The van der Waals surface area contributed by atoms with Gasteiger partial charge in [0.05, 0.1) is 5.69 Å². The van der Waals surface area contributed by atoms with Crippen LogP contribution >= 0.6 is 0 Å². The molecule has 0 fully saturated rings. The predicted molar refractivity (Wildman–Crippen MR) is 144 cm³/mol. The van der Waals surface area contributed by atoms with E-state index >= 15 is 0 Å². The molecule has 0 aliphatic heterocycles. The number of carboxylic acids is 1. The summed E-state index contributed by atoms with van der Waals surface area (Å²) in [6.07, 6.45) is 3.36. The second kappa shape index (κ2) is 11.6. The minimum absolute atomic E-state index is 0.0821. The molecular weight excluding hydrogens is 466 g/mol. The number of unbranched alkanes of at least 4 members (excludes halogenated alkanes) is 1. The lowest BCUT2D eigenvalue weighted by Crippen LogP contribution is -2.43. The Morgan fingerprint density at radius 3 is 1.92 bits per heavy atom. The standard InChI is InChI=1S/C31H31NO5/c1-5-6-7-21-8-10-22(11-9-21)12-13-23-14-16-24(17-15-23)28(34)32(30(37)31(2,3)4)25-18-19-26(29(35)36)27(33)20-25/h8-11,14-20,33H,5-7H2,1-4H3,(H,35,36). The maximum atomic E-state index is 13.4. The first-order valence-electron chi connectivity index (χ1n) is 12.2. The van der Waals surface area contributed by atoms with Crippen molar-refractivity contribution in [2.45, 2.75) is 47.0 Å². The summed E-state index contributed by atoms with van der Waals surface area (Å²) < 4.78 is 0. The third kappa shape index (κ3) is 6.86. The second-order valence-electron chi connectivity index (χ2n) is 9.83. The Labute approximate surface area is 217 Å². The average Bonchev–Trinajstić information content (AvgIpc) is 2.86. The fourth-order valence-electron chi connectivity index (χ4n) is 3.61. The van der Waals surface area contributed by atoms with Crippen LogP contribution in [0.1, 0.15) is 77.9 Å². The smallest absolute Gasteiger partial charge is 0.339 e. The molecule has 2 amide bonds. The van der Waals surface area contributed by atoms with E-state index < -0.39 is 28.9 Å². The van der Waals surface area contributed by atoms with E-state index in [1.807, 2.05) is 12.1 Å². The van der Waals surface area contributed by atoms with E-state index in [0.29, 0.717) is 5.56 Å². The molecule has 190 valence electrons. The number of imide groups is 1. The van der Waals surface area contributed by atoms with Gasteiger partial charge in [-0.25, -0.2) is 9.69 Å². The van der Waals surface area contributed by atoms with Crippen molar-refractivity contribution in [3.05, 3.63) is 94.5 Å². The molecule has 0 bridgehead atoms. The molecular formula is C31H31NO5. The number of anilines is 1. The van der Waals surface area contributed by atoms with Crippen molar-refractivity contribution >= 4 is 23.5 Å². The van der Waals surface area contributed by atoms with Gasteiger partial charge in [-0.3, -0.25) is 9.59 Å². The molecule has 6 heteroatoms. The lowest BCUT2D eigenvalue weighted by Gasteiger charge is -2.28. The Morgan fingerprint density at radius 2 is 1.43 bits per heavy atom. The third-order valence-electron chi connectivity index (χ3n) is 5.77. The molecule has 2 N–H and O–H groups in total. The highest BCUT2D eigenvalue weighted by atomic mass is 16.4. The first-order chi connectivity index (χ1) is 17.5. The Morgan fingerprint density at radius 1 is 0.865 bits per heavy atom. The van der Waals surface area contributed by atoms with E-state index in [9.17, 15) is 24.6 Å². The highest BCUT2D eigenvalue weighted by molar-refractivity contribution is 6.22. The van der Waals surface area contributed by atoms with Crippen LogP contribution < -0.4 is 4.90 Å². The van der Waals surface area contributed by atoms with Crippen LogP contribution in [0.2, 0.25) is 0 Å². The van der Waals surface area contributed by atoms with Crippen LogP contribution in [-0.4, -0.2) is 28.0 Å². The molecule has 37 heavy (non-hydrogen) atoms. The lowest BCUT2D eigenvalue weighted by atomic mass is 9.93. The summed E-state index contributed by atoms with van der Waals surface area (Å²) in [6, 6.07) is 18.4. The van der Waals surface area contributed by atoms with Crippen LogP contribution in [0.15, 0.2) is 66.7 Å². The van der Waals surface area contributed by atoms with Gasteiger partial charge >= 0.3 is 5.97 Å². The number of aryl methyl sites for hydroxylation is 1. The van der Waals surface area contributed by atoms with Crippen LogP contribution in [0.3, 0.4) is 0 Å². The van der Waals surface area contributed by atoms with Gasteiger partial charge in [0, 0.05) is 28.2 Å². The summed E-state index contributed by atoms with van der Waals surface area (Å²) in [4.78, 5) is 38.9. The molecule has 0 aliphatic carbocycles. The molecule has 0 atom stereocenters. The fourth-order valence-corrected chi connectivity index (χ4v) is 3.61. The van der Waals surface area contributed by atoms with Gasteiger partial charge in [0.25, 0.3) is 5.91 Å². The van der Waals surface area contributed by atoms with E-state index in [1.54, 1.807) is 45.0 Å². The molecule has 3 aromatic carbocycles. The van der Waals surface area contributed by atoms with Crippen molar-refractivity contribution < 1.29 is 24.6 Å². The van der Waals surface area contributed by atoms with Gasteiger partial charge in [-0.1, -0.05) is 58.1 Å². The zero-order chi connectivity index (χ0) is 27.2. The van der Waals surface area contributed by atoms with Gasteiger partial charge in [0.1, 0.15) is 11.3 Å². The normalized spacial score (nSPS) is 10.8.